The van der Waals surface area contributed by atoms with Crippen molar-refractivity contribution in [1.29, 1.82) is 0 Å². The maximum Gasteiger partial charge on any atom is 0.137 e. The molecule has 276 valence electrons. The van der Waals surface area contributed by atoms with E-state index in [0.717, 1.165) is 99.3 Å². The maximum atomic E-state index is 6.58. The van der Waals surface area contributed by atoms with E-state index in [1.165, 1.54) is 16.3 Å². The van der Waals surface area contributed by atoms with Gasteiger partial charge in [0.25, 0.3) is 0 Å². The number of hydrogen-bond donors (Lipinski definition) is 0. The number of para-hydroxylation sites is 4. The van der Waals surface area contributed by atoms with Gasteiger partial charge in [-0.05, 0) is 114 Å². The summed E-state index contributed by atoms with van der Waals surface area (Å²) in [6, 6.07) is 71.8. The number of nitrogens with zero attached hydrogens (tertiary/aromatic N) is 3. The number of fused-ring (bicyclic) bond motifs is 13. The summed E-state index contributed by atoms with van der Waals surface area (Å²) in [7, 11) is 0. The molecular formula is C54H33N3O2. The van der Waals surface area contributed by atoms with Crippen molar-refractivity contribution in [2.45, 2.75) is 0 Å². The summed E-state index contributed by atoms with van der Waals surface area (Å²) in [5.74, 6) is 0. The van der Waals surface area contributed by atoms with Gasteiger partial charge >= 0.3 is 0 Å². The van der Waals surface area contributed by atoms with Gasteiger partial charge in [0.15, 0.2) is 0 Å². The van der Waals surface area contributed by atoms with E-state index in [4.69, 9.17) is 8.83 Å². The fourth-order valence-electron chi connectivity index (χ4n) is 9.43. The molecule has 0 saturated carbocycles. The van der Waals surface area contributed by atoms with Gasteiger partial charge in [0.05, 0.1) is 16.7 Å². The van der Waals surface area contributed by atoms with Crippen molar-refractivity contribution in [2.24, 2.45) is 0 Å². The Morgan fingerprint density at radius 2 is 0.864 bits per heavy atom. The lowest BCUT2D eigenvalue weighted by Gasteiger charge is -2.16. The van der Waals surface area contributed by atoms with Gasteiger partial charge in [-0.1, -0.05) is 91.0 Å². The van der Waals surface area contributed by atoms with Crippen LogP contribution in [0.2, 0.25) is 0 Å². The summed E-state index contributed by atoms with van der Waals surface area (Å²) in [4.78, 5) is 0. The molecule has 0 fully saturated rings. The van der Waals surface area contributed by atoms with E-state index in [1.807, 2.05) is 12.1 Å². The molecule has 13 aromatic rings. The van der Waals surface area contributed by atoms with Crippen LogP contribution in [0.25, 0.3) is 116 Å². The van der Waals surface area contributed by atoms with Gasteiger partial charge in [0.2, 0.25) is 0 Å². The molecule has 0 aliphatic heterocycles. The Bertz CT molecular complexity index is 3910. The minimum Gasteiger partial charge on any atom is -0.456 e. The molecule has 0 amide bonds. The van der Waals surface area contributed by atoms with E-state index in [0.29, 0.717) is 0 Å². The zero-order chi connectivity index (χ0) is 38.6. The average Bonchev–Trinajstić information content (AvgIpc) is 3.96. The molecular weight excluding hydrogens is 723 g/mol. The zero-order valence-electron chi connectivity index (χ0n) is 31.7. The van der Waals surface area contributed by atoms with Crippen LogP contribution in [-0.4, -0.2) is 13.7 Å². The molecule has 0 N–H and O–H groups in total. The van der Waals surface area contributed by atoms with Gasteiger partial charge in [0, 0.05) is 71.8 Å². The largest absolute Gasteiger partial charge is 0.456 e. The molecule has 0 saturated heterocycles. The molecule has 13 rings (SSSR count). The Labute approximate surface area is 337 Å². The predicted octanol–water partition coefficient (Wildman–Crippen LogP) is 14.7. The van der Waals surface area contributed by atoms with Crippen LogP contribution >= 0.6 is 0 Å². The summed E-state index contributed by atoms with van der Waals surface area (Å²) < 4.78 is 20.1. The molecule has 0 aliphatic rings. The standard InChI is InChI=1S/C54H33N3O2/c1-2-13-36(14-3-1)57-48-20-6-4-17-42(48)45-19-10-21-49(54(45)57)56-38-16-9-12-35(30-38)34-11-8-15-37(29-34)55(41-23-26-44-43-18-5-7-22-50(43)59-53(44)33-41)39-24-27-51-46(31-39)47-32-40(56)25-28-52(47)58-51/h1-33H. The van der Waals surface area contributed by atoms with E-state index < -0.39 is 0 Å². The predicted molar refractivity (Wildman–Crippen MR) is 244 cm³/mol. The van der Waals surface area contributed by atoms with Crippen molar-refractivity contribution in [3.8, 4) is 17.1 Å². The van der Waals surface area contributed by atoms with Gasteiger partial charge in [0.1, 0.15) is 22.3 Å². The second-order valence-electron chi connectivity index (χ2n) is 15.4. The van der Waals surface area contributed by atoms with Crippen LogP contribution in [0, 0.1) is 0 Å². The highest BCUT2D eigenvalue weighted by molar-refractivity contribution is 6.13. The Kier molecular flexibility index (Phi) is 6.66. The quantitative estimate of drug-likeness (QED) is 0.180. The second kappa shape index (κ2) is 12.2. The van der Waals surface area contributed by atoms with Crippen molar-refractivity contribution in [3.05, 3.63) is 200 Å². The van der Waals surface area contributed by atoms with Crippen molar-refractivity contribution < 1.29 is 8.83 Å². The molecule has 8 bridgehead atoms. The molecule has 4 aromatic heterocycles. The van der Waals surface area contributed by atoms with Crippen LogP contribution in [0.3, 0.4) is 0 Å². The summed E-state index contributed by atoms with van der Waals surface area (Å²) in [5, 5.41) is 8.97. The molecule has 9 aromatic carbocycles. The van der Waals surface area contributed by atoms with Crippen LogP contribution in [-0.2, 0) is 0 Å². The van der Waals surface area contributed by atoms with Crippen LogP contribution in [0.4, 0.5) is 0 Å². The van der Waals surface area contributed by atoms with E-state index in [9.17, 15) is 0 Å². The number of furan rings is 2. The lowest BCUT2D eigenvalue weighted by atomic mass is 10.1. The van der Waals surface area contributed by atoms with Gasteiger partial charge in [-0.3, -0.25) is 0 Å². The van der Waals surface area contributed by atoms with Crippen molar-refractivity contribution >= 4 is 98.5 Å². The first kappa shape index (κ1) is 32.1. The molecule has 5 heteroatoms. The Balaban J connectivity index is 1.18. The van der Waals surface area contributed by atoms with Crippen LogP contribution in [0.15, 0.2) is 209 Å². The topological polar surface area (TPSA) is 41.1 Å². The lowest BCUT2D eigenvalue weighted by molar-refractivity contribution is 0.668. The van der Waals surface area contributed by atoms with Crippen molar-refractivity contribution in [2.75, 3.05) is 0 Å². The normalized spacial score (nSPS) is 12.1. The molecule has 0 atom stereocenters. The zero-order valence-corrected chi connectivity index (χ0v) is 31.7. The summed E-state index contributed by atoms with van der Waals surface area (Å²) in [6.45, 7) is 0. The van der Waals surface area contributed by atoms with E-state index in [1.54, 1.807) is 0 Å². The fraction of sp³-hybridized carbons (Fsp3) is 0. The molecule has 0 radical (unpaired) electrons. The molecule has 0 spiro atoms. The molecule has 0 aliphatic carbocycles. The second-order valence-corrected chi connectivity index (χ2v) is 15.4. The number of benzene rings is 9. The number of rotatable bonds is 3. The van der Waals surface area contributed by atoms with Gasteiger partial charge < -0.3 is 22.5 Å². The summed E-state index contributed by atoms with van der Waals surface area (Å²) in [6.07, 6.45) is 0. The Hall–Kier alpha value is -8.02. The molecule has 5 nitrogen and oxygen atoms in total. The molecule has 0 unspecified atom stereocenters. The highest BCUT2D eigenvalue weighted by atomic mass is 16.3. The van der Waals surface area contributed by atoms with Gasteiger partial charge in [-0.2, -0.15) is 0 Å². The lowest BCUT2D eigenvalue weighted by Crippen LogP contribution is -2.02. The first-order chi connectivity index (χ1) is 29.2. The highest BCUT2D eigenvalue weighted by Crippen LogP contribution is 2.39. The Morgan fingerprint density at radius 1 is 0.288 bits per heavy atom. The summed E-state index contributed by atoms with van der Waals surface area (Å²) in [5.41, 5.74) is 13.1. The number of hydrogen-bond acceptors (Lipinski definition) is 2. The third-order valence-electron chi connectivity index (χ3n) is 12.0. The highest BCUT2D eigenvalue weighted by Gasteiger charge is 2.18. The smallest absolute Gasteiger partial charge is 0.137 e. The fourth-order valence-corrected chi connectivity index (χ4v) is 9.43. The van der Waals surface area contributed by atoms with Crippen LogP contribution in [0.1, 0.15) is 0 Å². The van der Waals surface area contributed by atoms with Crippen molar-refractivity contribution in [3.63, 3.8) is 0 Å². The van der Waals surface area contributed by atoms with Crippen molar-refractivity contribution in [1.82, 2.24) is 13.7 Å². The third kappa shape index (κ3) is 4.79. The number of aromatic nitrogens is 3. The molecule has 59 heavy (non-hydrogen) atoms. The Morgan fingerprint density at radius 3 is 1.64 bits per heavy atom. The molecule has 4 heterocycles. The summed E-state index contributed by atoms with van der Waals surface area (Å²) >= 11 is 0. The first-order valence-electron chi connectivity index (χ1n) is 20.0. The maximum absolute atomic E-state index is 6.58. The SMILES string of the molecule is c1ccc(-n2c3ccccc3c3cccc(-n4c5cccc(c5)c5cccc(c5)n(-c5ccc6c(c5)oc5ccccc56)c5ccc6oc7ccc4cc7c6c5)c32)cc1. The average molecular weight is 756 g/mol. The van der Waals surface area contributed by atoms with E-state index >= 15 is 0 Å². The van der Waals surface area contributed by atoms with E-state index in [2.05, 4.69) is 202 Å². The minimum atomic E-state index is 0.842. The van der Waals surface area contributed by atoms with Gasteiger partial charge in [-0.25, -0.2) is 0 Å². The third-order valence-corrected chi connectivity index (χ3v) is 12.0. The monoisotopic (exact) mass is 755 g/mol. The van der Waals surface area contributed by atoms with E-state index in [-0.39, 0.29) is 0 Å². The first-order valence-corrected chi connectivity index (χ1v) is 20.0. The van der Waals surface area contributed by atoms with Crippen LogP contribution in [0.5, 0.6) is 0 Å². The van der Waals surface area contributed by atoms with Gasteiger partial charge in [-0.15, -0.1) is 0 Å². The minimum absolute atomic E-state index is 0.842. The van der Waals surface area contributed by atoms with Crippen LogP contribution < -0.4 is 0 Å².